The lowest BCUT2D eigenvalue weighted by molar-refractivity contribution is 0.0955. The molecule has 0 saturated carbocycles. The maximum absolute atomic E-state index is 13.6. The number of amides is 1. The van der Waals surface area contributed by atoms with E-state index in [1.165, 1.54) is 12.3 Å². The zero-order chi connectivity index (χ0) is 19.5. The van der Waals surface area contributed by atoms with Crippen LogP contribution in [0.4, 0.5) is 8.78 Å². The van der Waals surface area contributed by atoms with E-state index in [9.17, 15) is 13.6 Å². The lowest BCUT2D eigenvalue weighted by atomic mass is 10.1. The molecule has 142 valence electrons. The van der Waals surface area contributed by atoms with E-state index >= 15 is 0 Å². The number of aromatic nitrogens is 5. The van der Waals surface area contributed by atoms with Gasteiger partial charge in [0, 0.05) is 30.4 Å². The van der Waals surface area contributed by atoms with Gasteiger partial charge in [-0.15, -0.1) is 0 Å². The summed E-state index contributed by atoms with van der Waals surface area (Å²) in [6, 6.07) is 10.3. The normalized spacial score (nSPS) is 11.2. The van der Waals surface area contributed by atoms with Gasteiger partial charge in [0.2, 0.25) is 0 Å². The van der Waals surface area contributed by atoms with Crippen LogP contribution < -0.4 is 5.32 Å². The molecule has 1 amide bonds. The van der Waals surface area contributed by atoms with Gasteiger partial charge >= 0.3 is 0 Å². The van der Waals surface area contributed by atoms with Crippen molar-refractivity contribution in [3.8, 4) is 11.3 Å². The summed E-state index contributed by atoms with van der Waals surface area (Å²) in [5.74, 6) is -0.424. The molecule has 0 radical (unpaired) electrons. The summed E-state index contributed by atoms with van der Waals surface area (Å²) in [6.45, 7) is 0.360. The minimum Gasteiger partial charge on any atom is -0.351 e. The number of rotatable bonds is 6. The Labute approximate surface area is 158 Å². The van der Waals surface area contributed by atoms with Gasteiger partial charge in [0.25, 0.3) is 12.3 Å². The van der Waals surface area contributed by atoms with Gasteiger partial charge in [0.15, 0.2) is 5.65 Å². The van der Waals surface area contributed by atoms with E-state index < -0.39 is 12.3 Å². The van der Waals surface area contributed by atoms with Crippen LogP contribution in [0, 0.1) is 0 Å². The van der Waals surface area contributed by atoms with Crippen LogP contribution in [0.2, 0.25) is 0 Å². The van der Waals surface area contributed by atoms with E-state index in [2.05, 4.69) is 25.4 Å². The quantitative estimate of drug-likeness (QED) is 0.537. The number of alkyl halides is 2. The fraction of sp³-hybridized carbons (Fsp3) is 0.158. The van der Waals surface area contributed by atoms with Crippen molar-refractivity contribution in [2.75, 3.05) is 6.54 Å². The molecular weight excluding hydrogens is 366 g/mol. The van der Waals surface area contributed by atoms with Gasteiger partial charge in [-0.05, 0) is 6.07 Å². The van der Waals surface area contributed by atoms with Crippen LogP contribution in [0.25, 0.3) is 16.9 Å². The molecule has 3 aromatic heterocycles. The van der Waals surface area contributed by atoms with Gasteiger partial charge in [0.05, 0.1) is 18.2 Å². The van der Waals surface area contributed by atoms with E-state index in [1.807, 2.05) is 6.07 Å². The van der Waals surface area contributed by atoms with Crippen LogP contribution in [0.3, 0.4) is 0 Å². The van der Waals surface area contributed by atoms with E-state index in [0.717, 1.165) is 10.2 Å². The Bertz CT molecular complexity index is 1090. The highest BCUT2D eigenvalue weighted by molar-refractivity contribution is 5.99. The number of aromatic amines is 1. The Morgan fingerprint density at radius 2 is 2.04 bits per heavy atom. The summed E-state index contributed by atoms with van der Waals surface area (Å²) < 4.78 is 28.1. The molecule has 7 nitrogen and oxygen atoms in total. The van der Waals surface area contributed by atoms with E-state index in [1.54, 1.807) is 36.8 Å². The monoisotopic (exact) mass is 382 g/mol. The third-order valence-corrected chi connectivity index (χ3v) is 4.27. The molecule has 0 aliphatic rings. The molecule has 3 heterocycles. The van der Waals surface area contributed by atoms with Crippen LogP contribution in [0.1, 0.15) is 28.2 Å². The second-order valence-electron chi connectivity index (χ2n) is 6.11. The molecule has 0 fully saturated rings. The van der Waals surface area contributed by atoms with Crippen LogP contribution >= 0.6 is 0 Å². The van der Waals surface area contributed by atoms with Crippen molar-refractivity contribution in [3.63, 3.8) is 0 Å². The van der Waals surface area contributed by atoms with Gasteiger partial charge < -0.3 is 10.3 Å². The molecule has 1 aromatic carbocycles. The molecule has 0 bridgehead atoms. The molecule has 9 heteroatoms. The molecule has 0 unspecified atom stereocenters. The maximum atomic E-state index is 13.6. The third-order valence-electron chi connectivity index (χ3n) is 4.27. The largest absolute Gasteiger partial charge is 0.351 e. The first-order chi connectivity index (χ1) is 13.6. The minimum atomic E-state index is -2.76. The van der Waals surface area contributed by atoms with Crippen molar-refractivity contribution < 1.29 is 13.6 Å². The van der Waals surface area contributed by atoms with Crippen LogP contribution in [0.5, 0.6) is 0 Å². The first-order valence-corrected chi connectivity index (χ1v) is 8.61. The van der Waals surface area contributed by atoms with E-state index in [4.69, 9.17) is 0 Å². The van der Waals surface area contributed by atoms with Gasteiger partial charge in [-0.2, -0.15) is 5.10 Å². The van der Waals surface area contributed by atoms with Crippen molar-refractivity contribution in [3.05, 3.63) is 72.1 Å². The zero-order valence-corrected chi connectivity index (χ0v) is 14.6. The Balaban J connectivity index is 1.67. The van der Waals surface area contributed by atoms with Gasteiger partial charge in [-0.1, -0.05) is 30.3 Å². The fourth-order valence-electron chi connectivity index (χ4n) is 2.89. The van der Waals surface area contributed by atoms with Crippen molar-refractivity contribution in [2.24, 2.45) is 0 Å². The van der Waals surface area contributed by atoms with Crippen molar-refractivity contribution >= 4 is 11.6 Å². The Kier molecular flexibility index (Phi) is 4.79. The fourth-order valence-corrected chi connectivity index (χ4v) is 2.89. The third kappa shape index (κ3) is 3.46. The predicted molar refractivity (Wildman–Crippen MR) is 98.0 cm³/mol. The SMILES string of the molecule is O=C(NCCc1cnc[nH]1)c1cnn2c(C(F)F)cc(-c3ccccc3)nc12. The lowest BCUT2D eigenvalue weighted by Gasteiger charge is -2.08. The number of nitrogens with zero attached hydrogens (tertiary/aromatic N) is 4. The number of fused-ring (bicyclic) bond motifs is 1. The molecule has 0 saturated heterocycles. The highest BCUT2D eigenvalue weighted by atomic mass is 19.3. The number of nitrogens with one attached hydrogen (secondary N) is 2. The summed E-state index contributed by atoms with van der Waals surface area (Å²) in [6.07, 6.45) is 2.29. The molecule has 0 aliphatic heterocycles. The number of imidazole rings is 1. The zero-order valence-electron chi connectivity index (χ0n) is 14.6. The summed E-state index contributed by atoms with van der Waals surface area (Å²) in [5.41, 5.74) is 1.83. The number of hydrogen-bond acceptors (Lipinski definition) is 4. The number of benzene rings is 1. The Morgan fingerprint density at radius 3 is 2.75 bits per heavy atom. The second kappa shape index (κ2) is 7.55. The smallest absolute Gasteiger partial charge is 0.280 e. The first kappa shape index (κ1) is 17.8. The van der Waals surface area contributed by atoms with Crippen LogP contribution in [-0.4, -0.2) is 37.0 Å². The number of hydrogen-bond donors (Lipinski definition) is 2. The summed E-state index contributed by atoms with van der Waals surface area (Å²) in [5, 5.41) is 6.71. The van der Waals surface area contributed by atoms with Crippen molar-refractivity contribution in [2.45, 2.75) is 12.8 Å². The number of carbonyl (C=O) groups excluding carboxylic acids is 1. The first-order valence-electron chi connectivity index (χ1n) is 8.61. The summed E-state index contributed by atoms with van der Waals surface area (Å²) in [7, 11) is 0. The van der Waals surface area contributed by atoms with Crippen molar-refractivity contribution in [1.29, 1.82) is 0 Å². The topological polar surface area (TPSA) is 88.0 Å². The van der Waals surface area contributed by atoms with Crippen LogP contribution in [-0.2, 0) is 6.42 Å². The molecule has 4 aromatic rings. The lowest BCUT2D eigenvalue weighted by Crippen LogP contribution is -2.25. The average Bonchev–Trinajstić information content (AvgIpc) is 3.37. The number of carbonyl (C=O) groups is 1. The number of halogens is 2. The molecule has 0 spiro atoms. The standard InChI is InChI=1S/C19H16F2N6O/c20-17(21)16-8-15(12-4-2-1-3-5-12)26-18-14(10-25-27(16)18)19(28)23-7-6-13-9-22-11-24-13/h1-5,8-11,17H,6-7H2,(H,22,24)(H,23,28). The maximum Gasteiger partial charge on any atom is 0.280 e. The summed E-state index contributed by atoms with van der Waals surface area (Å²) >= 11 is 0. The van der Waals surface area contributed by atoms with E-state index in [0.29, 0.717) is 24.2 Å². The molecule has 0 atom stereocenters. The van der Waals surface area contributed by atoms with Gasteiger partial charge in [-0.3, -0.25) is 4.79 Å². The molecule has 0 aliphatic carbocycles. The summed E-state index contributed by atoms with van der Waals surface area (Å²) in [4.78, 5) is 23.8. The minimum absolute atomic E-state index is 0.0932. The Hall–Kier alpha value is -3.62. The van der Waals surface area contributed by atoms with Crippen molar-refractivity contribution in [1.82, 2.24) is 29.9 Å². The van der Waals surface area contributed by atoms with E-state index in [-0.39, 0.29) is 16.9 Å². The number of H-pyrrole nitrogens is 1. The molecule has 2 N–H and O–H groups in total. The highest BCUT2D eigenvalue weighted by Gasteiger charge is 2.21. The highest BCUT2D eigenvalue weighted by Crippen LogP contribution is 2.26. The second-order valence-corrected chi connectivity index (χ2v) is 6.11. The molecular formula is C19H16F2N6O. The van der Waals surface area contributed by atoms with Crippen LogP contribution in [0.15, 0.2) is 55.1 Å². The van der Waals surface area contributed by atoms with Gasteiger partial charge in [0.1, 0.15) is 11.3 Å². The molecule has 28 heavy (non-hydrogen) atoms. The van der Waals surface area contributed by atoms with Gasteiger partial charge in [-0.25, -0.2) is 23.3 Å². The predicted octanol–water partition coefficient (Wildman–Crippen LogP) is 3.03. The molecule has 4 rings (SSSR count). The Morgan fingerprint density at radius 1 is 1.21 bits per heavy atom. The average molecular weight is 382 g/mol.